The van der Waals surface area contributed by atoms with E-state index in [0.29, 0.717) is 18.8 Å². The van der Waals surface area contributed by atoms with Crippen LogP contribution in [-0.2, 0) is 6.54 Å². The van der Waals surface area contributed by atoms with Crippen LogP contribution in [0.15, 0.2) is 18.3 Å². The number of aromatic hydroxyl groups is 1. The normalized spacial score (nSPS) is 14.7. The van der Waals surface area contributed by atoms with Gasteiger partial charge in [-0.2, -0.15) is 11.8 Å². The van der Waals surface area contributed by atoms with Crippen LogP contribution in [0.25, 0.3) is 0 Å². The standard InChI is InChI=1S/C11H18N2O2S/c1-11(15,8-16-2)7-12-5-9-3-4-10(14)6-13-9/h3-4,6,12,14-15H,5,7-8H2,1-2H3. The Balaban J connectivity index is 2.32. The molecule has 4 nitrogen and oxygen atoms in total. The predicted molar refractivity (Wildman–Crippen MR) is 66.6 cm³/mol. The maximum absolute atomic E-state index is 9.89. The first kappa shape index (κ1) is 13.3. The lowest BCUT2D eigenvalue weighted by Crippen LogP contribution is -2.39. The van der Waals surface area contributed by atoms with Crippen LogP contribution in [0.3, 0.4) is 0 Å². The van der Waals surface area contributed by atoms with Gasteiger partial charge in [0.25, 0.3) is 0 Å². The molecule has 1 aromatic rings. The second-order valence-corrected chi connectivity index (χ2v) is 4.91. The number of nitrogens with zero attached hydrogens (tertiary/aromatic N) is 1. The molecule has 1 aromatic heterocycles. The van der Waals surface area contributed by atoms with Gasteiger partial charge in [-0.05, 0) is 25.3 Å². The van der Waals surface area contributed by atoms with E-state index in [1.54, 1.807) is 30.8 Å². The monoisotopic (exact) mass is 242 g/mol. The summed E-state index contributed by atoms with van der Waals surface area (Å²) < 4.78 is 0. The quantitative estimate of drug-likeness (QED) is 0.694. The number of aromatic nitrogens is 1. The van der Waals surface area contributed by atoms with Crippen molar-refractivity contribution in [1.82, 2.24) is 10.3 Å². The van der Waals surface area contributed by atoms with Gasteiger partial charge in [-0.25, -0.2) is 0 Å². The van der Waals surface area contributed by atoms with Crippen molar-refractivity contribution in [1.29, 1.82) is 0 Å². The number of hydrogen-bond acceptors (Lipinski definition) is 5. The molecule has 0 spiro atoms. The summed E-state index contributed by atoms with van der Waals surface area (Å²) >= 11 is 1.62. The Hall–Kier alpha value is -0.780. The fourth-order valence-electron chi connectivity index (χ4n) is 1.34. The first-order valence-electron chi connectivity index (χ1n) is 5.09. The highest BCUT2D eigenvalue weighted by Gasteiger charge is 2.18. The van der Waals surface area contributed by atoms with Gasteiger partial charge >= 0.3 is 0 Å². The zero-order valence-electron chi connectivity index (χ0n) is 9.60. The molecular weight excluding hydrogens is 224 g/mol. The van der Waals surface area contributed by atoms with Crippen LogP contribution < -0.4 is 5.32 Å². The van der Waals surface area contributed by atoms with Gasteiger partial charge in [0.15, 0.2) is 0 Å². The van der Waals surface area contributed by atoms with Gasteiger partial charge in [0.05, 0.1) is 17.5 Å². The summed E-state index contributed by atoms with van der Waals surface area (Å²) in [4.78, 5) is 4.04. The van der Waals surface area contributed by atoms with Crippen LogP contribution >= 0.6 is 11.8 Å². The summed E-state index contributed by atoms with van der Waals surface area (Å²) in [5.74, 6) is 0.862. The molecule has 0 aliphatic carbocycles. The predicted octanol–water partition coefficient (Wildman–Crippen LogP) is 0.991. The Morgan fingerprint density at radius 3 is 2.81 bits per heavy atom. The number of aliphatic hydroxyl groups is 1. The SMILES string of the molecule is CSCC(C)(O)CNCc1ccc(O)cn1. The molecule has 1 rings (SSSR count). The molecule has 90 valence electrons. The number of hydrogen-bond donors (Lipinski definition) is 3. The summed E-state index contributed by atoms with van der Waals surface area (Å²) in [6, 6.07) is 3.36. The third-order valence-electron chi connectivity index (χ3n) is 2.08. The molecule has 0 saturated heterocycles. The van der Waals surface area contributed by atoms with Crippen LogP contribution in [0.2, 0.25) is 0 Å². The Morgan fingerprint density at radius 1 is 1.50 bits per heavy atom. The minimum absolute atomic E-state index is 0.165. The zero-order valence-corrected chi connectivity index (χ0v) is 10.4. The highest BCUT2D eigenvalue weighted by molar-refractivity contribution is 7.98. The molecule has 0 aliphatic rings. The number of rotatable bonds is 6. The highest BCUT2D eigenvalue weighted by atomic mass is 32.2. The van der Waals surface area contributed by atoms with Crippen LogP contribution in [-0.4, -0.2) is 39.4 Å². The molecule has 5 heteroatoms. The topological polar surface area (TPSA) is 65.4 Å². The van der Waals surface area contributed by atoms with Crippen molar-refractivity contribution in [2.45, 2.75) is 19.1 Å². The zero-order chi connectivity index (χ0) is 12.0. The lowest BCUT2D eigenvalue weighted by Gasteiger charge is -2.22. The summed E-state index contributed by atoms with van der Waals surface area (Å²) in [5, 5.41) is 22.1. The second kappa shape index (κ2) is 6.08. The molecular formula is C11H18N2O2S. The van der Waals surface area contributed by atoms with Crippen molar-refractivity contribution in [2.24, 2.45) is 0 Å². The maximum atomic E-state index is 9.89. The molecule has 0 saturated carbocycles. The van der Waals surface area contributed by atoms with Gasteiger partial charge in [0, 0.05) is 18.8 Å². The van der Waals surface area contributed by atoms with E-state index >= 15 is 0 Å². The molecule has 0 amide bonds. The smallest absolute Gasteiger partial charge is 0.133 e. The Bertz CT molecular complexity index is 314. The Kier molecular flexibility index (Phi) is 5.05. The first-order valence-corrected chi connectivity index (χ1v) is 6.49. The average molecular weight is 242 g/mol. The highest BCUT2D eigenvalue weighted by Crippen LogP contribution is 2.10. The number of thioether (sulfide) groups is 1. The molecule has 1 heterocycles. The Labute approximate surface area is 100 Å². The van der Waals surface area contributed by atoms with Gasteiger partial charge < -0.3 is 15.5 Å². The van der Waals surface area contributed by atoms with E-state index in [4.69, 9.17) is 5.11 Å². The van der Waals surface area contributed by atoms with E-state index in [1.165, 1.54) is 6.20 Å². The van der Waals surface area contributed by atoms with E-state index in [2.05, 4.69) is 10.3 Å². The van der Waals surface area contributed by atoms with Crippen LogP contribution in [0.1, 0.15) is 12.6 Å². The fourth-order valence-corrected chi connectivity index (χ4v) is 2.07. The van der Waals surface area contributed by atoms with Crippen molar-refractivity contribution >= 4 is 11.8 Å². The molecule has 1 atom stereocenters. The van der Waals surface area contributed by atoms with Crippen molar-refractivity contribution in [3.05, 3.63) is 24.0 Å². The lowest BCUT2D eigenvalue weighted by atomic mass is 10.1. The third kappa shape index (κ3) is 4.83. The van der Waals surface area contributed by atoms with Crippen LogP contribution in [0.5, 0.6) is 5.75 Å². The van der Waals surface area contributed by atoms with E-state index < -0.39 is 5.60 Å². The largest absolute Gasteiger partial charge is 0.506 e. The van der Waals surface area contributed by atoms with Gasteiger partial charge in [-0.3, -0.25) is 4.98 Å². The molecule has 1 unspecified atom stereocenters. The van der Waals surface area contributed by atoms with Gasteiger partial charge in [0.1, 0.15) is 5.75 Å². The molecule has 0 aromatic carbocycles. The van der Waals surface area contributed by atoms with Crippen molar-refractivity contribution in [2.75, 3.05) is 18.6 Å². The summed E-state index contributed by atoms with van der Waals surface area (Å²) in [5.41, 5.74) is 0.147. The molecule has 3 N–H and O–H groups in total. The van der Waals surface area contributed by atoms with E-state index in [-0.39, 0.29) is 5.75 Å². The Morgan fingerprint density at radius 2 is 2.25 bits per heavy atom. The molecule has 0 fully saturated rings. The van der Waals surface area contributed by atoms with Gasteiger partial charge in [0.2, 0.25) is 0 Å². The van der Waals surface area contributed by atoms with Gasteiger partial charge in [-0.15, -0.1) is 0 Å². The minimum Gasteiger partial charge on any atom is -0.506 e. The van der Waals surface area contributed by atoms with Crippen molar-refractivity contribution < 1.29 is 10.2 Å². The first-order chi connectivity index (χ1) is 7.53. The summed E-state index contributed by atoms with van der Waals surface area (Å²) in [6.07, 6.45) is 3.38. The maximum Gasteiger partial charge on any atom is 0.133 e. The molecule has 0 aliphatic heterocycles. The molecule has 16 heavy (non-hydrogen) atoms. The number of nitrogens with one attached hydrogen (secondary N) is 1. The molecule has 0 bridgehead atoms. The summed E-state index contributed by atoms with van der Waals surface area (Å²) in [6.45, 7) is 2.92. The van der Waals surface area contributed by atoms with Crippen molar-refractivity contribution in [3.63, 3.8) is 0 Å². The van der Waals surface area contributed by atoms with E-state index in [9.17, 15) is 5.11 Å². The van der Waals surface area contributed by atoms with Crippen LogP contribution in [0.4, 0.5) is 0 Å². The lowest BCUT2D eigenvalue weighted by molar-refractivity contribution is 0.0845. The molecule has 0 radical (unpaired) electrons. The minimum atomic E-state index is -0.698. The van der Waals surface area contributed by atoms with Gasteiger partial charge in [-0.1, -0.05) is 0 Å². The van der Waals surface area contributed by atoms with E-state index in [0.717, 1.165) is 5.69 Å². The van der Waals surface area contributed by atoms with E-state index in [1.807, 2.05) is 6.26 Å². The number of pyridine rings is 1. The summed E-state index contributed by atoms with van der Waals surface area (Å²) in [7, 11) is 0. The fraction of sp³-hybridized carbons (Fsp3) is 0.545. The van der Waals surface area contributed by atoms with Crippen molar-refractivity contribution in [3.8, 4) is 5.75 Å². The second-order valence-electron chi connectivity index (χ2n) is 4.04. The average Bonchev–Trinajstić information content (AvgIpc) is 2.20. The van der Waals surface area contributed by atoms with Crippen LogP contribution in [0, 0.1) is 0 Å². The third-order valence-corrected chi connectivity index (χ3v) is 2.99.